The van der Waals surface area contributed by atoms with Gasteiger partial charge in [-0.3, -0.25) is 4.79 Å². The minimum absolute atomic E-state index is 0.101. The van der Waals surface area contributed by atoms with E-state index < -0.39 is 17.5 Å². The second kappa shape index (κ2) is 7.56. The molecule has 1 aromatic heterocycles. The van der Waals surface area contributed by atoms with Crippen LogP contribution in [0.15, 0.2) is 54.9 Å². The summed E-state index contributed by atoms with van der Waals surface area (Å²) in [6.07, 6.45) is 2.60. The summed E-state index contributed by atoms with van der Waals surface area (Å²) in [4.78, 5) is 20.3. The van der Waals surface area contributed by atoms with E-state index in [1.54, 1.807) is 24.3 Å². The van der Waals surface area contributed by atoms with E-state index in [0.29, 0.717) is 17.1 Å². The number of amides is 1. The number of methoxy groups -OCH3 is 1. The highest BCUT2D eigenvalue weighted by molar-refractivity contribution is 6.02. The van der Waals surface area contributed by atoms with E-state index in [9.17, 15) is 13.6 Å². The van der Waals surface area contributed by atoms with Gasteiger partial charge in [-0.05, 0) is 24.3 Å². The molecule has 3 rings (SSSR count). The minimum Gasteiger partial charge on any atom is -0.497 e. The quantitative estimate of drug-likeness (QED) is 0.728. The number of carbonyl (C=O) groups is 1. The van der Waals surface area contributed by atoms with Crippen LogP contribution in [0.25, 0.3) is 0 Å². The molecule has 0 fully saturated rings. The fourth-order valence-electron chi connectivity index (χ4n) is 2.13. The van der Waals surface area contributed by atoms with Crippen LogP contribution in [0.2, 0.25) is 0 Å². The summed E-state index contributed by atoms with van der Waals surface area (Å²) < 4.78 is 31.2. The van der Waals surface area contributed by atoms with Crippen molar-refractivity contribution in [3.8, 4) is 5.75 Å². The molecule has 26 heavy (non-hydrogen) atoms. The molecule has 6 nitrogen and oxygen atoms in total. The van der Waals surface area contributed by atoms with Gasteiger partial charge in [0.15, 0.2) is 11.6 Å². The molecule has 0 radical (unpaired) electrons. The lowest BCUT2D eigenvalue weighted by atomic mass is 10.3. The first kappa shape index (κ1) is 17.3. The summed E-state index contributed by atoms with van der Waals surface area (Å²) in [5.41, 5.74) is 0.968. The van der Waals surface area contributed by atoms with E-state index >= 15 is 0 Å². The minimum atomic E-state index is -0.975. The molecular formula is C18H14F2N4O2. The van der Waals surface area contributed by atoms with Gasteiger partial charge in [0.05, 0.1) is 19.5 Å². The van der Waals surface area contributed by atoms with E-state index in [0.717, 1.165) is 12.1 Å². The number of anilines is 3. The number of benzene rings is 2. The van der Waals surface area contributed by atoms with Gasteiger partial charge in [-0.15, -0.1) is 0 Å². The lowest BCUT2D eigenvalue weighted by molar-refractivity contribution is 0.102. The lowest BCUT2D eigenvalue weighted by Gasteiger charge is -2.08. The molecule has 8 heteroatoms. The molecule has 0 unspecified atom stereocenters. The number of halogens is 2. The Labute approximate surface area is 147 Å². The fourth-order valence-corrected chi connectivity index (χ4v) is 2.13. The van der Waals surface area contributed by atoms with Gasteiger partial charge in [-0.1, -0.05) is 6.07 Å². The Morgan fingerprint density at radius 1 is 1.00 bits per heavy atom. The maximum atomic E-state index is 13.2. The maximum absolute atomic E-state index is 13.2. The third-order valence-electron chi connectivity index (χ3n) is 3.40. The molecule has 0 spiro atoms. The van der Waals surface area contributed by atoms with Crippen molar-refractivity contribution >= 4 is 23.1 Å². The normalized spacial score (nSPS) is 10.3. The molecule has 132 valence electrons. The smallest absolute Gasteiger partial charge is 0.275 e. The van der Waals surface area contributed by atoms with E-state index in [-0.39, 0.29) is 11.5 Å². The zero-order valence-electron chi connectivity index (χ0n) is 13.7. The van der Waals surface area contributed by atoms with Gasteiger partial charge in [0.1, 0.15) is 17.3 Å². The van der Waals surface area contributed by atoms with Crippen LogP contribution in [0.1, 0.15) is 10.5 Å². The van der Waals surface area contributed by atoms with Crippen LogP contribution in [-0.4, -0.2) is 23.0 Å². The lowest BCUT2D eigenvalue weighted by Crippen LogP contribution is -2.14. The Kier molecular flexibility index (Phi) is 5.02. The average Bonchev–Trinajstić information content (AvgIpc) is 2.65. The number of rotatable bonds is 5. The van der Waals surface area contributed by atoms with Crippen LogP contribution in [0.4, 0.5) is 26.0 Å². The molecule has 1 amide bonds. The van der Waals surface area contributed by atoms with Crippen LogP contribution in [0.3, 0.4) is 0 Å². The van der Waals surface area contributed by atoms with Gasteiger partial charge in [0.2, 0.25) is 0 Å². The van der Waals surface area contributed by atoms with Crippen LogP contribution >= 0.6 is 0 Å². The molecule has 3 aromatic rings. The molecule has 2 aromatic carbocycles. The summed E-state index contributed by atoms with van der Waals surface area (Å²) in [6.45, 7) is 0. The fraction of sp³-hybridized carbons (Fsp3) is 0.0556. The summed E-state index contributed by atoms with van der Waals surface area (Å²) in [5, 5.41) is 5.46. The van der Waals surface area contributed by atoms with Crippen LogP contribution in [0.5, 0.6) is 5.75 Å². The third kappa shape index (κ3) is 4.10. The largest absolute Gasteiger partial charge is 0.497 e. The van der Waals surface area contributed by atoms with Crippen molar-refractivity contribution in [2.75, 3.05) is 17.7 Å². The van der Waals surface area contributed by atoms with Crippen molar-refractivity contribution in [1.29, 1.82) is 0 Å². The Hall–Kier alpha value is -3.55. The first-order chi connectivity index (χ1) is 12.5. The first-order valence-corrected chi connectivity index (χ1v) is 7.54. The van der Waals surface area contributed by atoms with Crippen LogP contribution in [0, 0.1) is 11.6 Å². The predicted molar refractivity (Wildman–Crippen MR) is 92.6 cm³/mol. The zero-order valence-corrected chi connectivity index (χ0v) is 13.7. The van der Waals surface area contributed by atoms with Gasteiger partial charge < -0.3 is 15.4 Å². The topological polar surface area (TPSA) is 76.1 Å². The number of ether oxygens (including phenoxy) is 1. The molecule has 0 aliphatic carbocycles. The molecular weight excluding hydrogens is 342 g/mol. The molecule has 0 aliphatic heterocycles. The molecule has 2 N–H and O–H groups in total. The molecule has 0 atom stereocenters. The van der Waals surface area contributed by atoms with Crippen molar-refractivity contribution in [2.24, 2.45) is 0 Å². The van der Waals surface area contributed by atoms with Crippen LogP contribution in [-0.2, 0) is 0 Å². The standard InChI is InChI=1S/C18H14F2N4O2/c1-26-13-4-2-3-11(7-13)24-18(25)16-9-22-17(10-21-16)23-12-5-6-14(19)15(20)8-12/h2-10H,1H3,(H,22,23)(H,24,25). The highest BCUT2D eigenvalue weighted by Gasteiger charge is 2.10. The zero-order chi connectivity index (χ0) is 18.5. The number of hydrogen-bond acceptors (Lipinski definition) is 5. The van der Waals surface area contributed by atoms with E-state index in [4.69, 9.17) is 4.74 Å². The third-order valence-corrected chi connectivity index (χ3v) is 3.40. The first-order valence-electron chi connectivity index (χ1n) is 7.54. The molecule has 1 heterocycles. The summed E-state index contributed by atoms with van der Waals surface area (Å²) in [5.74, 6) is -1.46. The Bertz CT molecular complexity index is 933. The van der Waals surface area contributed by atoms with Gasteiger partial charge in [0.25, 0.3) is 5.91 Å². The highest BCUT2D eigenvalue weighted by atomic mass is 19.2. The van der Waals surface area contributed by atoms with Crippen LogP contribution < -0.4 is 15.4 Å². The molecule has 0 saturated carbocycles. The van der Waals surface area contributed by atoms with E-state index in [1.807, 2.05) is 0 Å². The number of aromatic nitrogens is 2. The predicted octanol–water partition coefficient (Wildman–Crippen LogP) is 3.76. The van der Waals surface area contributed by atoms with Crippen molar-refractivity contribution < 1.29 is 18.3 Å². The van der Waals surface area contributed by atoms with Gasteiger partial charge in [-0.25, -0.2) is 18.7 Å². The second-order valence-corrected chi connectivity index (χ2v) is 5.23. The highest BCUT2D eigenvalue weighted by Crippen LogP contribution is 2.18. The monoisotopic (exact) mass is 356 g/mol. The number of nitrogens with one attached hydrogen (secondary N) is 2. The number of nitrogens with zero attached hydrogens (tertiary/aromatic N) is 2. The van der Waals surface area contributed by atoms with Crippen molar-refractivity contribution in [3.05, 3.63) is 72.2 Å². The summed E-state index contributed by atoms with van der Waals surface area (Å²) in [6, 6.07) is 10.3. The van der Waals surface area contributed by atoms with Crippen molar-refractivity contribution in [1.82, 2.24) is 9.97 Å². The Morgan fingerprint density at radius 3 is 2.54 bits per heavy atom. The summed E-state index contributed by atoms with van der Waals surface area (Å²) >= 11 is 0. The van der Waals surface area contributed by atoms with E-state index in [1.165, 1.54) is 25.6 Å². The maximum Gasteiger partial charge on any atom is 0.275 e. The van der Waals surface area contributed by atoms with Crippen molar-refractivity contribution in [2.45, 2.75) is 0 Å². The second-order valence-electron chi connectivity index (χ2n) is 5.23. The number of hydrogen-bond donors (Lipinski definition) is 2. The number of carbonyl (C=O) groups excluding carboxylic acids is 1. The van der Waals surface area contributed by atoms with Gasteiger partial charge >= 0.3 is 0 Å². The summed E-state index contributed by atoms with van der Waals surface area (Å²) in [7, 11) is 1.53. The van der Waals surface area contributed by atoms with Gasteiger partial charge in [-0.2, -0.15) is 0 Å². The Balaban J connectivity index is 1.68. The SMILES string of the molecule is COc1cccc(NC(=O)c2cnc(Nc3ccc(F)c(F)c3)cn2)c1. The molecule has 0 aliphatic rings. The molecule has 0 saturated heterocycles. The molecule has 0 bridgehead atoms. The van der Waals surface area contributed by atoms with Gasteiger partial charge in [0, 0.05) is 23.5 Å². The Morgan fingerprint density at radius 2 is 1.85 bits per heavy atom. The average molecular weight is 356 g/mol. The van der Waals surface area contributed by atoms with E-state index in [2.05, 4.69) is 20.6 Å². The van der Waals surface area contributed by atoms with Crippen molar-refractivity contribution in [3.63, 3.8) is 0 Å².